The molecule has 0 spiro atoms. The molecular formula is C19H18N2O2S. The summed E-state index contributed by atoms with van der Waals surface area (Å²) >= 11 is 1.46. The SMILES string of the molecule is CCOC(=O)c1nc(-c2ccccc2)sc1NCc1ccccc1. The van der Waals surface area contributed by atoms with Gasteiger partial charge in [0.15, 0.2) is 5.69 Å². The second kappa shape index (κ2) is 7.75. The molecule has 3 rings (SSSR count). The number of esters is 1. The first-order valence-electron chi connectivity index (χ1n) is 7.79. The van der Waals surface area contributed by atoms with Crippen LogP contribution in [0.25, 0.3) is 10.6 Å². The van der Waals surface area contributed by atoms with Gasteiger partial charge in [0.2, 0.25) is 0 Å². The zero-order valence-electron chi connectivity index (χ0n) is 13.4. The van der Waals surface area contributed by atoms with Crippen LogP contribution in [0.5, 0.6) is 0 Å². The summed E-state index contributed by atoms with van der Waals surface area (Å²) in [6, 6.07) is 19.9. The van der Waals surface area contributed by atoms with Gasteiger partial charge in [0.05, 0.1) is 6.61 Å². The van der Waals surface area contributed by atoms with E-state index in [1.807, 2.05) is 60.7 Å². The van der Waals surface area contributed by atoms with Crippen LogP contribution in [0, 0.1) is 0 Å². The predicted octanol–water partition coefficient (Wildman–Crippen LogP) is 4.60. The number of nitrogens with zero attached hydrogens (tertiary/aromatic N) is 1. The average Bonchev–Trinajstić information content (AvgIpc) is 3.06. The number of thiazole rings is 1. The lowest BCUT2D eigenvalue weighted by Crippen LogP contribution is -2.09. The minimum Gasteiger partial charge on any atom is -0.461 e. The van der Waals surface area contributed by atoms with E-state index in [-0.39, 0.29) is 0 Å². The lowest BCUT2D eigenvalue weighted by molar-refractivity contribution is 0.0521. The Morgan fingerprint density at radius 3 is 2.42 bits per heavy atom. The van der Waals surface area contributed by atoms with E-state index in [9.17, 15) is 4.79 Å². The molecule has 1 N–H and O–H groups in total. The fourth-order valence-electron chi connectivity index (χ4n) is 2.26. The Morgan fingerprint density at radius 2 is 1.75 bits per heavy atom. The molecule has 0 atom stereocenters. The Kier molecular flexibility index (Phi) is 5.23. The summed E-state index contributed by atoms with van der Waals surface area (Å²) in [6.07, 6.45) is 0. The van der Waals surface area contributed by atoms with E-state index in [0.29, 0.717) is 18.8 Å². The Labute approximate surface area is 145 Å². The van der Waals surface area contributed by atoms with Gasteiger partial charge in [-0.3, -0.25) is 0 Å². The van der Waals surface area contributed by atoms with Crippen molar-refractivity contribution in [1.29, 1.82) is 0 Å². The van der Waals surface area contributed by atoms with Crippen molar-refractivity contribution in [2.75, 3.05) is 11.9 Å². The van der Waals surface area contributed by atoms with E-state index < -0.39 is 5.97 Å². The summed E-state index contributed by atoms with van der Waals surface area (Å²) in [7, 11) is 0. The third kappa shape index (κ3) is 3.81. The topological polar surface area (TPSA) is 51.2 Å². The Hall–Kier alpha value is -2.66. The van der Waals surface area contributed by atoms with Gasteiger partial charge in [-0.15, -0.1) is 0 Å². The maximum absolute atomic E-state index is 12.2. The van der Waals surface area contributed by atoms with Crippen LogP contribution in [-0.2, 0) is 11.3 Å². The second-order valence-electron chi connectivity index (χ2n) is 5.12. The van der Waals surface area contributed by atoms with Crippen LogP contribution in [0.3, 0.4) is 0 Å². The standard InChI is InChI=1S/C19H18N2O2S/c1-2-23-19(22)16-18(20-13-14-9-5-3-6-10-14)24-17(21-16)15-11-7-4-8-12-15/h3-12,20H,2,13H2,1H3. The van der Waals surface area contributed by atoms with Crippen LogP contribution in [0.2, 0.25) is 0 Å². The summed E-state index contributed by atoms with van der Waals surface area (Å²) in [6.45, 7) is 2.75. The van der Waals surface area contributed by atoms with Gasteiger partial charge < -0.3 is 10.1 Å². The molecule has 2 aromatic carbocycles. The summed E-state index contributed by atoms with van der Waals surface area (Å²) in [5.74, 6) is -0.397. The van der Waals surface area contributed by atoms with Crippen molar-refractivity contribution >= 4 is 22.3 Å². The second-order valence-corrected chi connectivity index (χ2v) is 6.12. The molecule has 0 fully saturated rings. The number of hydrogen-bond donors (Lipinski definition) is 1. The molecular weight excluding hydrogens is 320 g/mol. The molecule has 0 bridgehead atoms. The van der Waals surface area contributed by atoms with Crippen molar-refractivity contribution in [3.63, 3.8) is 0 Å². The molecule has 5 heteroatoms. The molecule has 0 saturated heterocycles. The minimum atomic E-state index is -0.397. The van der Waals surface area contributed by atoms with E-state index in [4.69, 9.17) is 4.74 Å². The quantitative estimate of drug-likeness (QED) is 0.667. The lowest BCUT2D eigenvalue weighted by Gasteiger charge is -2.05. The zero-order valence-corrected chi connectivity index (χ0v) is 14.2. The number of anilines is 1. The predicted molar refractivity (Wildman–Crippen MR) is 97.3 cm³/mol. The van der Waals surface area contributed by atoms with E-state index in [1.54, 1.807) is 6.92 Å². The summed E-state index contributed by atoms with van der Waals surface area (Å²) in [5.41, 5.74) is 2.47. The van der Waals surface area contributed by atoms with E-state index in [1.165, 1.54) is 11.3 Å². The van der Waals surface area contributed by atoms with Crippen molar-refractivity contribution in [3.05, 3.63) is 71.9 Å². The molecule has 0 unspecified atom stereocenters. The highest BCUT2D eigenvalue weighted by molar-refractivity contribution is 7.19. The molecule has 122 valence electrons. The van der Waals surface area contributed by atoms with E-state index in [0.717, 1.165) is 21.1 Å². The van der Waals surface area contributed by atoms with Crippen LogP contribution < -0.4 is 5.32 Å². The van der Waals surface area contributed by atoms with Crippen molar-refractivity contribution in [2.45, 2.75) is 13.5 Å². The van der Waals surface area contributed by atoms with Crippen LogP contribution >= 0.6 is 11.3 Å². The Balaban J connectivity index is 1.87. The maximum atomic E-state index is 12.2. The largest absolute Gasteiger partial charge is 0.461 e. The van der Waals surface area contributed by atoms with Crippen LogP contribution in [0.4, 0.5) is 5.00 Å². The smallest absolute Gasteiger partial charge is 0.360 e. The molecule has 0 radical (unpaired) electrons. The van der Waals surface area contributed by atoms with Gasteiger partial charge in [-0.1, -0.05) is 72.0 Å². The number of hydrogen-bond acceptors (Lipinski definition) is 5. The van der Waals surface area contributed by atoms with Crippen LogP contribution in [0.1, 0.15) is 23.0 Å². The highest BCUT2D eigenvalue weighted by Gasteiger charge is 2.20. The third-order valence-corrected chi connectivity index (χ3v) is 4.47. The van der Waals surface area contributed by atoms with Gasteiger partial charge >= 0.3 is 5.97 Å². The first-order valence-corrected chi connectivity index (χ1v) is 8.60. The highest BCUT2D eigenvalue weighted by Crippen LogP contribution is 2.32. The molecule has 1 heterocycles. The zero-order chi connectivity index (χ0) is 16.8. The molecule has 1 aromatic heterocycles. The maximum Gasteiger partial charge on any atom is 0.360 e. The lowest BCUT2D eigenvalue weighted by atomic mass is 10.2. The van der Waals surface area contributed by atoms with Crippen molar-refractivity contribution < 1.29 is 9.53 Å². The molecule has 3 aromatic rings. The van der Waals surface area contributed by atoms with E-state index in [2.05, 4.69) is 10.3 Å². The minimum absolute atomic E-state index is 0.329. The van der Waals surface area contributed by atoms with Gasteiger partial charge in [-0.2, -0.15) is 0 Å². The van der Waals surface area contributed by atoms with Crippen molar-refractivity contribution in [1.82, 2.24) is 4.98 Å². The fourth-order valence-corrected chi connectivity index (χ4v) is 3.21. The average molecular weight is 338 g/mol. The van der Waals surface area contributed by atoms with Crippen molar-refractivity contribution in [2.24, 2.45) is 0 Å². The van der Waals surface area contributed by atoms with Crippen LogP contribution in [0.15, 0.2) is 60.7 Å². The monoisotopic (exact) mass is 338 g/mol. The Bertz CT molecular complexity index is 801. The summed E-state index contributed by atoms with van der Waals surface area (Å²) in [4.78, 5) is 16.7. The first-order chi connectivity index (χ1) is 11.8. The fraction of sp³-hybridized carbons (Fsp3) is 0.158. The van der Waals surface area contributed by atoms with Gasteiger partial charge in [-0.05, 0) is 12.5 Å². The number of rotatable bonds is 6. The van der Waals surface area contributed by atoms with Gasteiger partial charge in [0, 0.05) is 12.1 Å². The van der Waals surface area contributed by atoms with Gasteiger partial charge in [-0.25, -0.2) is 9.78 Å². The molecule has 0 aliphatic heterocycles. The molecule has 0 saturated carbocycles. The molecule has 0 aliphatic carbocycles. The van der Waals surface area contributed by atoms with Gasteiger partial charge in [0.1, 0.15) is 10.0 Å². The Morgan fingerprint density at radius 1 is 1.08 bits per heavy atom. The third-order valence-electron chi connectivity index (χ3n) is 3.41. The molecule has 0 amide bonds. The number of carbonyl (C=O) groups is 1. The normalized spacial score (nSPS) is 10.4. The summed E-state index contributed by atoms with van der Waals surface area (Å²) in [5, 5.41) is 4.85. The number of carbonyl (C=O) groups excluding carboxylic acids is 1. The number of nitrogens with one attached hydrogen (secondary N) is 1. The number of benzene rings is 2. The highest BCUT2D eigenvalue weighted by atomic mass is 32.1. The molecule has 0 aliphatic rings. The van der Waals surface area contributed by atoms with Crippen LogP contribution in [-0.4, -0.2) is 17.6 Å². The number of aromatic nitrogens is 1. The summed E-state index contributed by atoms with van der Waals surface area (Å²) < 4.78 is 5.14. The molecule has 24 heavy (non-hydrogen) atoms. The van der Waals surface area contributed by atoms with Crippen molar-refractivity contribution in [3.8, 4) is 10.6 Å². The molecule has 4 nitrogen and oxygen atoms in total. The number of ether oxygens (including phenoxy) is 1. The van der Waals surface area contributed by atoms with Gasteiger partial charge in [0.25, 0.3) is 0 Å². The van der Waals surface area contributed by atoms with E-state index >= 15 is 0 Å². The first kappa shape index (κ1) is 16.2.